The predicted molar refractivity (Wildman–Crippen MR) is 50.8 cm³/mol. The van der Waals surface area contributed by atoms with Crippen LogP contribution >= 0.6 is 15.9 Å². The van der Waals surface area contributed by atoms with Gasteiger partial charge in [-0.2, -0.15) is 0 Å². The van der Waals surface area contributed by atoms with Crippen LogP contribution in [-0.4, -0.2) is 30.4 Å². The van der Waals surface area contributed by atoms with Gasteiger partial charge < -0.3 is 4.90 Å². The zero-order chi connectivity index (χ0) is 7.82. The predicted octanol–water partition coefficient (Wildman–Crippen LogP) is 2.50. The lowest BCUT2D eigenvalue weighted by Crippen LogP contribution is -2.20. The van der Waals surface area contributed by atoms with E-state index in [-0.39, 0.29) is 0 Å². The van der Waals surface area contributed by atoms with Crippen LogP contribution in [-0.2, 0) is 0 Å². The van der Waals surface area contributed by atoms with Gasteiger partial charge in [-0.15, -0.1) is 0 Å². The average Bonchev–Trinajstić information content (AvgIpc) is 1.89. The standard InChI is InChI=1S/C8H18BrN/c1-3-7-10(2)8-5-4-6-9/h3-8H2,1-2H3. The summed E-state index contributed by atoms with van der Waals surface area (Å²) in [5, 5.41) is 1.15. The number of hydrogen-bond acceptors (Lipinski definition) is 1. The minimum Gasteiger partial charge on any atom is -0.306 e. The lowest BCUT2D eigenvalue weighted by Gasteiger charge is -2.14. The molecule has 1 nitrogen and oxygen atoms in total. The highest BCUT2D eigenvalue weighted by Crippen LogP contribution is 1.96. The SMILES string of the molecule is CCCN(C)CCCCBr. The second-order valence-corrected chi connectivity index (χ2v) is 3.49. The van der Waals surface area contributed by atoms with E-state index in [4.69, 9.17) is 0 Å². The van der Waals surface area contributed by atoms with Crippen molar-refractivity contribution in [3.8, 4) is 0 Å². The van der Waals surface area contributed by atoms with E-state index in [0.29, 0.717) is 0 Å². The molecule has 62 valence electrons. The van der Waals surface area contributed by atoms with E-state index in [2.05, 4.69) is 34.8 Å². The summed E-state index contributed by atoms with van der Waals surface area (Å²) in [5.41, 5.74) is 0. The molecule has 0 saturated heterocycles. The normalized spacial score (nSPS) is 10.8. The Morgan fingerprint density at radius 3 is 2.40 bits per heavy atom. The number of halogens is 1. The molecule has 0 aromatic heterocycles. The third kappa shape index (κ3) is 6.56. The zero-order valence-electron chi connectivity index (χ0n) is 7.07. The summed E-state index contributed by atoms with van der Waals surface area (Å²) in [6.07, 6.45) is 3.89. The summed E-state index contributed by atoms with van der Waals surface area (Å²) in [6, 6.07) is 0. The van der Waals surface area contributed by atoms with Crippen molar-refractivity contribution in [2.45, 2.75) is 26.2 Å². The molecule has 0 fully saturated rings. The van der Waals surface area contributed by atoms with Crippen LogP contribution in [0.1, 0.15) is 26.2 Å². The van der Waals surface area contributed by atoms with Crippen molar-refractivity contribution in [3.63, 3.8) is 0 Å². The van der Waals surface area contributed by atoms with E-state index < -0.39 is 0 Å². The van der Waals surface area contributed by atoms with Crippen LogP contribution in [0.4, 0.5) is 0 Å². The van der Waals surface area contributed by atoms with Crippen LogP contribution in [0.5, 0.6) is 0 Å². The van der Waals surface area contributed by atoms with Gasteiger partial charge in [0.05, 0.1) is 0 Å². The number of nitrogens with zero attached hydrogens (tertiary/aromatic N) is 1. The average molecular weight is 208 g/mol. The molecule has 10 heavy (non-hydrogen) atoms. The molecule has 0 aliphatic heterocycles. The third-order valence-corrected chi connectivity index (χ3v) is 2.09. The molecule has 2 heteroatoms. The van der Waals surface area contributed by atoms with Crippen molar-refractivity contribution in [2.75, 3.05) is 25.5 Å². The maximum atomic E-state index is 3.42. The van der Waals surface area contributed by atoms with Crippen LogP contribution in [0, 0.1) is 0 Å². The van der Waals surface area contributed by atoms with Gasteiger partial charge in [0.25, 0.3) is 0 Å². The van der Waals surface area contributed by atoms with Crippen molar-refractivity contribution in [2.24, 2.45) is 0 Å². The molecule has 0 bridgehead atoms. The Balaban J connectivity index is 2.97. The Morgan fingerprint density at radius 2 is 1.90 bits per heavy atom. The van der Waals surface area contributed by atoms with Crippen molar-refractivity contribution < 1.29 is 0 Å². The van der Waals surface area contributed by atoms with Gasteiger partial charge in [0.15, 0.2) is 0 Å². The summed E-state index contributed by atoms with van der Waals surface area (Å²) in [5.74, 6) is 0. The number of hydrogen-bond donors (Lipinski definition) is 0. The topological polar surface area (TPSA) is 3.24 Å². The molecule has 0 heterocycles. The van der Waals surface area contributed by atoms with Crippen LogP contribution in [0.15, 0.2) is 0 Å². The van der Waals surface area contributed by atoms with E-state index in [0.717, 1.165) is 5.33 Å². The fourth-order valence-electron chi connectivity index (χ4n) is 0.970. The van der Waals surface area contributed by atoms with Crippen LogP contribution < -0.4 is 0 Å². The van der Waals surface area contributed by atoms with Crippen LogP contribution in [0.25, 0.3) is 0 Å². The second kappa shape index (κ2) is 7.55. The number of unbranched alkanes of at least 4 members (excludes halogenated alkanes) is 1. The molecular weight excluding hydrogens is 190 g/mol. The number of rotatable bonds is 6. The highest BCUT2D eigenvalue weighted by molar-refractivity contribution is 9.09. The first-order valence-electron chi connectivity index (χ1n) is 4.05. The maximum Gasteiger partial charge on any atom is 0.00317 e. The van der Waals surface area contributed by atoms with Crippen molar-refractivity contribution in [3.05, 3.63) is 0 Å². The van der Waals surface area contributed by atoms with Gasteiger partial charge in [-0.25, -0.2) is 0 Å². The van der Waals surface area contributed by atoms with Crippen LogP contribution in [0.2, 0.25) is 0 Å². The Morgan fingerprint density at radius 1 is 1.20 bits per heavy atom. The Hall–Kier alpha value is 0.440. The van der Waals surface area contributed by atoms with Gasteiger partial charge in [-0.05, 0) is 39.4 Å². The van der Waals surface area contributed by atoms with Crippen LogP contribution in [0.3, 0.4) is 0 Å². The van der Waals surface area contributed by atoms with Crippen molar-refractivity contribution >= 4 is 15.9 Å². The summed E-state index contributed by atoms with van der Waals surface area (Å²) in [6.45, 7) is 4.71. The minimum absolute atomic E-state index is 1.15. The van der Waals surface area contributed by atoms with Gasteiger partial charge in [0.1, 0.15) is 0 Å². The molecule has 0 N–H and O–H groups in total. The zero-order valence-corrected chi connectivity index (χ0v) is 8.65. The van der Waals surface area contributed by atoms with E-state index in [1.165, 1.54) is 32.4 Å². The quantitative estimate of drug-likeness (QED) is 0.478. The monoisotopic (exact) mass is 207 g/mol. The molecule has 0 aromatic rings. The first-order valence-corrected chi connectivity index (χ1v) is 5.18. The largest absolute Gasteiger partial charge is 0.306 e. The maximum absolute atomic E-state index is 3.42. The van der Waals surface area contributed by atoms with Crippen molar-refractivity contribution in [1.29, 1.82) is 0 Å². The van der Waals surface area contributed by atoms with E-state index in [1.807, 2.05) is 0 Å². The summed E-state index contributed by atoms with van der Waals surface area (Å²) >= 11 is 3.42. The number of alkyl halides is 1. The lowest BCUT2D eigenvalue weighted by molar-refractivity contribution is 0.329. The van der Waals surface area contributed by atoms with E-state index in [9.17, 15) is 0 Å². The highest BCUT2D eigenvalue weighted by atomic mass is 79.9. The van der Waals surface area contributed by atoms with Gasteiger partial charge in [0.2, 0.25) is 0 Å². The second-order valence-electron chi connectivity index (χ2n) is 2.70. The van der Waals surface area contributed by atoms with Crippen molar-refractivity contribution in [1.82, 2.24) is 4.90 Å². The Kier molecular flexibility index (Phi) is 7.88. The molecule has 0 rings (SSSR count). The minimum atomic E-state index is 1.15. The smallest absolute Gasteiger partial charge is 0.00317 e. The first-order chi connectivity index (χ1) is 4.81. The molecule has 0 aliphatic rings. The Bertz CT molecular complexity index is 66.3. The molecule has 0 radical (unpaired) electrons. The summed E-state index contributed by atoms with van der Waals surface area (Å²) in [7, 11) is 2.19. The fourth-order valence-corrected chi connectivity index (χ4v) is 1.37. The Labute approximate surface area is 72.9 Å². The van der Waals surface area contributed by atoms with Gasteiger partial charge in [0, 0.05) is 5.33 Å². The molecule has 0 aromatic carbocycles. The molecule has 0 aliphatic carbocycles. The van der Waals surface area contributed by atoms with Gasteiger partial charge in [-0.3, -0.25) is 0 Å². The third-order valence-electron chi connectivity index (χ3n) is 1.53. The van der Waals surface area contributed by atoms with E-state index in [1.54, 1.807) is 0 Å². The molecule has 0 saturated carbocycles. The first kappa shape index (κ1) is 10.4. The lowest BCUT2D eigenvalue weighted by atomic mass is 10.3. The summed E-state index contributed by atoms with van der Waals surface area (Å²) < 4.78 is 0. The molecule has 0 amide bonds. The molecule has 0 atom stereocenters. The molecule has 0 unspecified atom stereocenters. The van der Waals surface area contributed by atoms with Gasteiger partial charge in [-0.1, -0.05) is 22.9 Å². The van der Waals surface area contributed by atoms with Gasteiger partial charge >= 0.3 is 0 Å². The highest BCUT2D eigenvalue weighted by Gasteiger charge is 1.93. The molecule has 0 spiro atoms. The molecular formula is C8H18BrN. The summed E-state index contributed by atoms with van der Waals surface area (Å²) in [4.78, 5) is 2.39. The fraction of sp³-hybridized carbons (Fsp3) is 1.00. The van der Waals surface area contributed by atoms with E-state index >= 15 is 0 Å².